The monoisotopic (exact) mass is 406 g/mol. The molecule has 1 fully saturated rings. The molecular weight excluding hydrogens is 380 g/mol. The number of carbonyl (C=O) groups excluding carboxylic acids is 1. The molecule has 1 atom stereocenters. The van der Waals surface area contributed by atoms with Gasteiger partial charge in [0.15, 0.2) is 5.16 Å². The number of aromatic nitrogens is 3. The third-order valence-corrected chi connectivity index (χ3v) is 6.25. The molecule has 1 aliphatic carbocycles. The van der Waals surface area contributed by atoms with Crippen LogP contribution in [-0.2, 0) is 4.79 Å². The topological polar surface area (TPSA) is 59.8 Å². The van der Waals surface area contributed by atoms with Crippen LogP contribution in [0.15, 0.2) is 59.8 Å². The second-order valence-electron chi connectivity index (χ2n) is 7.55. The second-order valence-corrected chi connectivity index (χ2v) is 8.50. The molecule has 4 rings (SSSR count). The molecular formula is C23H26N4OS. The van der Waals surface area contributed by atoms with Crippen molar-refractivity contribution in [2.75, 3.05) is 11.1 Å². The summed E-state index contributed by atoms with van der Waals surface area (Å²) in [5.74, 6) is 2.26. The summed E-state index contributed by atoms with van der Waals surface area (Å²) in [4.78, 5) is 12.5. The highest BCUT2D eigenvalue weighted by molar-refractivity contribution is 7.99. The zero-order valence-corrected chi connectivity index (χ0v) is 17.7. The molecule has 0 spiro atoms. The van der Waals surface area contributed by atoms with E-state index in [4.69, 9.17) is 0 Å². The third kappa shape index (κ3) is 4.70. The first-order chi connectivity index (χ1) is 14.2. The molecule has 1 aromatic heterocycles. The molecule has 1 aliphatic rings. The van der Waals surface area contributed by atoms with Gasteiger partial charge in [0.2, 0.25) is 5.91 Å². The lowest BCUT2D eigenvalue weighted by Crippen LogP contribution is -2.14. The number of nitrogens with one attached hydrogen (secondary N) is 1. The highest BCUT2D eigenvalue weighted by Gasteiger charge is 2.31. The van der Waals surface area contributed by atoms with Gasteiger partial charge in [-0.2, -0.15) is 0 Å². The highest BCUT2D eigenvalue weighted by atomic mass is 32.2. The SMILES string of the molecule is CCC(C)c1ccc(NC(=O)CSc2nnc(C3CC3)n2-c2ccccc2)cc1. The zero-order valence-electron chi connectivity index (χ0n) is 16.8. The normalized spacial score (nSPS) is 14.6. The lowest BCUT2D eigenvalue weighted by molar-refractivity contribution is -0.113. The highest BCUT2D eigenvalue weighted by Crippen LogP contribution is 2.41. The molecule has 29 heavy (non-hydrogen) atoms. The van der Waals surface area contributed by atoms with E-state index in [2.05, 4.69) is 58.2 Å². The van der Waals surface area contributed by atoms with Gasteiger partial charge in [-0.25, -0.2) is 0 Å². The van der Waals surface area contributed by atoms with Crippen molar-refractivity contribution in [2.45, 2.75) is 50.1 Å². The number of benzene rings is 2. The molecule has 150 valence electrons. The summed E-state index contributed by atoms with van der Waals surface area (Å²) >= 11 is 1.42. The summed E-state index contributed by atoms with van der Waals surface area (Å²) in [6.07, 6.45) is 3.42. The Morgan fingerprint density at radius 3 is 2.52 bits per heavy atom. The van der Waals surface area contributed by atoms with Crippen molar-refractivity contribution in [3.63, 3.8) is 0 Å². The van der Waals surface area contributed by atoms with Crippen molar-refractivity contribution in [3.8, 4) is 5.69 Å². The summed E-state index contributed by atoms with van der Waals surface area (Å²) in [5.41, 5.74) is 3.16. The molecule has 0 bridgehead atoms. The predicted molar refractivity (Wildman–Crippen MR) is 118 cm³/mol. The molecule has 3 aromatic rings. The number of anilines is 1. The summed E-state index contributed by atoms with van der Waals surface area (Å²) < 4.78 is 2.09. The van der Waals surface area contributed by atoms with Gasteiger partial charge in [0.05, 0.1) is 5.75 Å². The maximum absolute atomic E-state index is 12.5. The number of para-hydroxylation sites is 1. The molecule has 1 unspecified atom stereocenters. The third-order valence-electron chi connectivity index (χ3n) is 5.32. The number of hydrogen-bond acceptors (Lipinski definition) is 4. The Morgan fingerprint density at radius 1 is 1.14 bits per heavy atom. The van der Waals surface area contributed by atoms with Crippen LogP contribution < -0.4 is 5.32 Å². The summed E-state index contributed by atoms with van der Waals surface area (Å²) in [7, 11) is 0. The van der Waals surface area contributed by atoms with Crippen molar-refractivity contribution < 1.29 is 4.79 Å². The van der Waals surface area contributed by atoms with Crippen LogP contribution in [0.3, 0.4) is 0 Å². The van der Waals surface area contributed by atoms with Gasteiger partial charge in [0.25, 0.3) is 0 Å². The molecule has 0 aliphatic heterocycles. The van der Waals surface area contributed by atoms with Crippen LogP contribution in [-0.4, -0.2) is 26.4 Å². The minimum absolute atomic E-state index is 0.0399. The van der Waals surface area contributed by atoms with Gasteiger partial charge < -0.3 is 5.32 Å². The van der Waals surface area contributed by atoms with E-state index in [-0.39, 0.29) is 5.91 Å². The Labute approximate surface area is 175 Å². The first-order valence-electron chi connectivity index (χ1n) is 10.2. The minimum Gasteiger partial charge on any atom is -0.325 e. The maximum Gasteiger partial charge on any atom is 0.234 e. The van der Waals surface area contributed by atoms with Gasteiger partial charge in [0, 0.05) is 17.3 Å². The Bertz CT molecular complexity index is 964. The van der Waals surface area contributed by atoms with Gasteiger partial charge in [-0.1, -0.05) is 55.9 Å². The number of amides is 1. The molecule has 1 heterocycles. The van der Waals surface area contributed by atoms with E-state index in [1.165, 1.54) is 17.3 Å². The van der Waals surface area contributed by atoms with E-state index in [1.807, 2.05) is 30.3 Å². The predicted octanol–water partition coefficient (Wildman–Crippen LogP) is 5.39. The van der Waals surface area contributed by atoms with E-state index in [0.29, 0.717) is 17.6 Å². The van der Waals surface area contributed by atoms with Gasteiger partial charge >= 0.3 is 0 Å². The van der Waals surface area contributed by atoms with Crippen LogP contribution in [0.2, 0.25) is 0 Å². The van der Waals surface area contributed by atoms with Gasteiger partial charge in [-0.05, 0) is 55.0 Å². The lowest BCUT2D eigenvalue weighted by Gasteiger charge is -2.11. The minimum atomic E-state index is -0.0399. The average molecular weight is 407 g/mol. The van der Waals surface area contributed by atoms with Crippen LogP contribution >= 0.6 is 11.8 Å². The summed E-state index contributed by atoms with van der Waals surface area (Å²) in [6, 6.07) is 18.2. The number of hydrogen-bond donors (Lipinski definition) is 1. The molecule has 1 N–H and O–H groups in total. The molecule has 0 saturated heterocycles. The second kappa shape index (κ2) is 8.82. The number of carbonyl (C=O) groups is 1. The fourth-order valence-corrected chi connectivity index (χ4v) is 4.02. The van der Waals surface area contributed by atoms with Crippen LogP contribution in [0.1, 0.15) is 56.3 Å². The van der Waals surface area contributed by atoms with Crippen molar-refractivity contribution in [1.29, 1.82) is 0 Å². The van der Waals surface area contributed by atoms with E-state index < -0.39 is 0 Å². The molecule has 6 heteroatoms. The van der Waals surface area contributed by atoms with E-state index >= 15 is 0 Å². The van der Waals surface area contributed by atoms with Crippen molar-refractivity contribution in [3.05, 3.63) is 66.0 Å². The fraction of sp³-hybridized carbons (Fsp3) is 0.348. The first-order valence-corrected chi connectivity index (χ1v) is 11.2. The Hall–Kier alpha value is -2.60. The van der Waals surface area contributed by atoms with Gasteiger partial charge in [-0.3, -0.25) is 9.36 Å². The molecule has 1 saturated carbocycles. The fourth-order valence-electron chi connectivity index (χ4n) is 3.26. The zero-order chi connectivity index (χ0) is 20.2. The number of nitrogens with zero attached hydrogens (tertiary/aromatic N) is 3. The van der Waals surface area contributed by atoms with E-state index in [0.717, 1.165) is 41.6 Å². The summed E-state index contributed by atoms with van der Waals surface area (Å²) in [6.45, 7) is 4.39. The summed E-state index contributed by atoms with van der Waals surface area (Å²) in [5, 5.41) is 12.5. The lowest BCUT2D eigenvalue weighted by atomic mass is 9.99. The Balaban J connectivity index is 1.42. The quantitative estimate of drug-likeness (QED) is 0.510. The number of rotatable bonds is 8. The van der Waals surface area contributed by atoms with Gasteiger partial charge in [-0.15, -0.1) is 10.2 Å². The van der Waals surface area contributed by atoms with Crippen molar-refractivity contribution >= 4 is 23.4 Å². The molecule has 0 radical (unpaired) electrons. The van der Waals surface area contributed by atoms with Crippen molar-refractivity contribution in [1.82, 2.24) is 14.8 Å². The van der Waals surface area contributed by atoms with Crippen LogP contribution in [0.5, 0.6) is 0 Å². The van der Waals surface area contributed by atoms with E-state index in [1.54, 1.807) is 0 Å². The average Bonchev–Trinajstić information content (AvgIpc) is 3.52. The van der Waals surface area contributed by atoms with Crippen LogP contribution in [0.4, 0.5) is 5.69 Å². The Kier molecular flexibility index (Phi) is 6.00. The first kappa shape index (κ1) is 19.7. The maximum atomic E-state index is 12.5. The molecule has 5 nitrogen and oxygen atoms in total. The van der Waals surface area contributed by atoms with Crippen LogP contribution in [0.25, 0.3) is 5.69 Å². The Morgan fingerprint density at radius 2 is 1.86 bits per heavy atom. The number of thioether (sulfide) groups is 1. The van der Waals surface area contributed by atoms with Crippen molar-refractivity contribution in [2.24, 2.45) is 0 Å². The smallest absolute Gasteiger partial charge is 0.234 e. The molecule has 2 aromatic carbocycles. The van der Waals surface area contributed by atoms with Gasteiger partial charge in [0.1, 0.15) is 5.82 Å². The molecule has 1 amide bonds. The largest absolute Gasteiger partial charge is 0.325 e. The standard InChI is InChI=1S/C23H26N4OS/c1-3-16(2)17-11-13-19(14-12-17)24-21(28)15-29-23-26-25-22(18-9-10-18)27(23)20-7-5-4-6-8-20/h4-8,11-14,16,18H,3,9-10,15H2,1-2H3,(H,24,28). The van der Waals surface area contributed by atoms with Crippen LogP contribution in [0, 0.1) is 0 Å². The van der Waals surface area contributed by atoms with E-state index in [9.17, 15) is 4.79 Å².